The molecule has 3 aromatic rings. The molecule has 0 fully saturated rings. The quantitative estimate of drug-likeness (QED) is 0.543. The van der Waals surface area contributed by atoms with Crippen LogP contribution in [0.15, 0.2) is 40.9 Å². The van der Waals surface area contributed by atoms with Gasteiger partial charge in [0.25, 0.3) is 0 Å². The molecule has 28 heavy (non-hydrogen) atoms. The lowest BCUT2D eigenvalue weighted by atomic mass is 10.3. The summed E-state index contributed by atoms with van der Waals surface area (Å²) in [7, 11) is 0. The van der Waals surface area contributed by atoms with Gasteiger partial charge >= 0.3 is 0 Å². The third-order valence-electron chi connectivity index (χ3n) is 3.58. The number of nitrogens with two attached hydrogens (primary N) is 1. The zero-order valence-corrected chi connectivity index (χ0v) is 16.0. The summed E-state index contributed by atoms with van der Waals surface area (Å²) in [5, 5.41) is 13.1. The number of halogens is 2. The lowest BCUT2D eigenvalue weighted by Crippen LogP contribution is -2.16. The SMILES string of the molecule is NC(=O)CCn1c(SCC(=O)Nc2ccc(F)c(F)c2)nnc1-c1cccs1. The predicted octanol–water partition coefficient (Wildman–Crippen LogP) is 2.89. The number of thiophene rings is 1. The van der Waals surface area contributed by atoms with E-state index in [0.29, 0.717) is 11.0 Å². The molecule has 7 nitrogen and oxygen atoms in total. The number of hydrogen-bond acceptors (Lipinski definition) is 6. The Balaban J connectivity index is 1.69. The van der Waals surface area contributed by atoms with Gasteiger partial charge in [-0.3, -0.25) is 9.59 Å². The lowest BCUT2D eigenvalue weighted by Gasteiger charge is -2.09. The summed E-state index contributed by atoms with van der Waals surface area (Å²) < 4.78 is 27.9. The second-order valence-electron chi connectivity index (χ2n) is 5.62. The van der Waals surface area contributed by atoms with Crippen LogP contribution in [-0.2, 0) is 16.1 Å². The summed E-state index contributed by atoms with van der Waals surface area (Å²) in [5.41, 5.74) is 5.39. The van der Waals surface area contributed by atoms with Gasteiger partial charge in [-0.25, -0.2) is 8.78 Å². The Bertz CT molecular complexity index is 992. The number of amides is 2. The van der Waals surface area contributed by atoms with Crippen LogP contribution in [0.25, 0.3) is 10.7 Å². The van der Waals surface area contributed by atoms with Crippen molar-refractivity contribution in [3.63, 3.8) is 0 Å². The van der Waals surface area contributed by atoms with E-state index in [1.165, 1.54) is 17.4 Å². The average Bonchev–Trinajstić information content (AvgIpc) is 3.30. The van der Waals surface area contributed by atoms with Crippen LogP contribution in [0.5, 0.6) is 0 Å². The van der Waals surface area contributed by atoms with Crippen molar-refractivity contribution >= 4 is 40.6 Å². The number of hydrogen-bond donors (Lipinski definition) is 2. The highest BCUT2D eigenvalue weighted by atomic mass is 32.2. The predicted molar refractivity (Wildman–Crippen MR) is 103 cm³/mol. The summed E-state index contributed by atoms with van der Waals surface area (Å²) in [4.78, 5) is 24.2. The summed E-state index contributed by atoms with van der Waals surface area (Å²) in [6.07, 6.45) is 0.102. The van der Waals surface area contributed by atoms with E-state index in [9.17, 15) is 18.4 Å². The fraction of sp³-hybridized carbons (Fsp3) is 0.176. The van der Waals surface area contributed by atoms with Crippen molar-refractivity contribution in [3.05, 3.63) is 47.3 Å². The molecule has 0 aliphatic heterocycles. The smallest absolute Gasteiger partial charge is 0.234 e. The molecule has 146 valence electrons. The first-order valence-corrected chi connectivity index (χ1v) is 9.93. The van der Waals surface area contributed by atoms with E-state index < -0.39 is 23.4 Å². The van der Waals surface area contributed by atoms with E-state index in [0.717, 1.165) is 28.8 Å². The maximum atomic E-state index is 13.2. The van der Waals surface area contributed by atoms with Crippen molar-refractivity contribution in [3.8, 4) is 10.7 Å². The van der Waals surface area contributed by atoms with Crippen molar-refractivity contribution in [1.82, 2.24) is 14.8 Å². The first kappa shape index (κ1) is 20.0. The Morgan fingerprint density at radius 3 is 2.71 bits per heavy atom. The van der Waals surface area contributed by atoms with Crippen LogP contribution in [0.2, 0.25) is 0 Å². The fourth-order valence-electron chi connectivity index (χ4n) is 2.31. The summed E-state index contributed by atoms with van der Waals surface area (Å²) in [5.74, 6) is -2.36. The number of carbonyl (C=O) groups excluding carboxylic acids is 2. The molecule has 0 radical (unpaired) electrons. The number of benzene rings is 1. The van der Waals surface area contributed by atoms with E-state index in [1.54, 1.807) is 4.57 Å². The molecule has 11 heteroatoms. The summed E-state index contributed by atoms with van der Waals surface area (Å²) >= 11 is 2.59. The Morgan fingerprint density at radius 2 is 2.04 bits per heavy atom. The minimum absolute atomic E-state index is 0.0296. The number of anilines is 1. The first-order chi connectivity index (χ1) is 13.4. The Morgan fingerprint density at radius 1 is 1.21 bits per heavy atom. The third kappa shape index (κ3) is 4.93. The van der Waals surface area contributed by atoms with Crippen LogP contribution in [-0.4, -0.2) is 32.3 Å². The number of rotatable bonds is 8. The Hall–Kier alpha value is -2.79. The second-order valence-corrected chi connectivity index (χ2v) is 7.51. The molecule has 0 atom stereocenters. The first-order valence-electron chi connectivity index (χ1n) is 8.07. The molecule has 2 heterocycles. The minimum Gasteiger partial charge on any atom is -0.370 e. The van der Waals surface area contributed by atoms with E-state index in [4.69, 9.17) is 5.73 Å². The number of thioether (sulfide) groups is 1. The molecule has 1 aromatic carbocycles. The zero-order valence-electron chi connectivity index (χ0n) is 14.4. The van der Waals surface area contributed by atoms with E-state index in [2.05, 4.69) is 15.5 Å². The van der Waals surface area contributed by atoms with Crippen molar-refractivity contribution in [2.75, 3.05) is 11.1 Å². The molecule has 0 saturated heterocycles. The van der Waals surface area contributed by atoms with E-state index in [1.807, 2.05) is 17.5 Å². The molecule has 0 saturated carbocycles. The Labute approximate surface area is 167 Å². The van der Waals surface area contributed by atoms with Gasteiger partial charge in [0.05, 0.1) is 10.6 Å². The molecule has 0 aliphatic carbocycles. The number of nitrogens with zero attached hydrogens (tertiary/aromatic N) is 3. The molecule has 2 aromatic heterocycles. The highest BCUT2D eigenvalue weighted by Gasteiger charge is 2.17. The molecule has 0 aliphatic rings. The van der Waals surface area contributed by atoms with Gasteiger partial charge in [-0.05, 0) is 23.6 Å². The van der Waals surface area contributed by atoms with Gasteiger partial charge in [-0.1, -0.05) is 17.8 Å². The molecule has 3 rings (SSSR count). The summed E-state index contributed by atoms with van der Waals surface area (Å²) in [6, 6.07) is 6.86. The van der Waals surface area contributed by atoms with Gasteiger partial charge < -0.3 is 15.6 Å². The van der Waals surface area contributed by atoms with Crippen molar-refractivity contribution < 1.29 is 18.4 Å². The van der Waals surface area contributed by atoms with Crippen LogP contribution in [0, 0.1) is 11.6 Å². The van der Waals surface area contributed by atoms with Gasteiger partial charge in [-0.15, -0.1) is 21.5 Å². The van der Waals surface area contributed by atoms with Crippen molar-refractivity contribution in [2.24, 2.45) is 5.73 Å². The largest absolute Gasteiger partial charge is 0.370 e. The monoisotopic (exact) mass is 423 g/mol. The lowest BCUT2D eigenvalue weighted by molar-refractivity contribution is -0.118. The highest BCUT2D eigenvalue weighted by Crippen LogP contribution is 2.27. The molecule has 0 spiro atoms. The highest BCUT2D eigenvalue weighted by molar-refractivity contribution is 7.99. The molecule has 0 bridgehead atoms. The number of nitrogens with one attached hydrogen (secondary N) is 1. The average molecular weight is 423 g/mol. The van der Waals surface area contributed by atoms with Crippen LogP contribution in [0.1, 0.15) is 6.42 Å². The minimum atomic E-state index is -1.04. The zero-order chi connectivity index (χ0) is 20.1. The second kappa shape index (κ2) is 8.93. The van der Waals surface area contributed by atoms with Crippen LogP contribution >= 0.6 is 23.1 Å². The van der Waals surface area contributed by atoms with Gasteiger partial charge in [-0.2, -0.15) is 0 Å². The normalized spacial score (nSPS) is 10.8. The van der Waals surface area contributed by atoms with Crippen molar-refractivity contribution in [2.45, 2.75) is 18.1 Å². The van der Waals surface area contributed by atoms with Crippen molar-refractivity contribution in [1.29, 1.82) is 0 Å². The number of carbonyl (C=O) groups is 2. The van der Waals surface area contributed by atoms with Gasteiger partial charge in [0.15, 0.2) is 22.6 Å². The van der Waals surface area contributed by atoms with Crippen LogP contribution in [0.3, 0.4) is 0 Å². The molecule has 3 N–H and O–H groups in total. The number of aromatic nitrogens is 3. The number of primary amides is 1. The van der Waals surface area contributed by atoms with E-state index >= 15 is 0 Å². The molecular formula is C17H15F2N5O2S2. The topological polar surface area (TPSA) is 103 Å². The van der Waals surface area contributed by atoms with Gasteiger partial charge in [0.2, 0.25) is 11.8 Å². The van der Waals surface area contributed by atoms with Crippen LogP contribution < -0.4 is 11.1 Å². The Kier molecular flexibility index (Phi) is 6.37. The van der Waals surface area contributed by atoms with Gasteiger partial charge in [0.1, 0.15) is 0 Å². The van der Waals surface area contributed by atoms with Crippen LogP contribution in [0.4, 0.5) is 14.5 Å². The molecule has 2 amide bonds. The standard InChI is InChI=1S/C17H15F2N5O2S2/c18-11-4-3-10(8-12(11)19)21-15(26)9-28-17-23-22-16(13-2-1-7-27-13)24(17)6-5-14(20)25/h1-4,7-8H,5-6,9H2,(H2,20,25)(H,21,26). The molecule has 0 unspecified atom stereocenters. The maximum Gasteiger partial charge on any atom is 0.234 e. The maximum absolute atomic E-state index is 13.2. The summed E-state index contributed by atoms with van der Waals surface area (Å²) in [6.45, 7) is 0.280. The van der Waals surface area contributed by atoms with E-state index in [-0.39, 0.29) is 24.4 Å². The molecular weight excluding hydrogens is 408 g/mol. The van der Waals surface area contributed by atoms with Gasteiger partial charge in [0, 0.05) is 24.7 Å². The third-order valence-corrected chi connectivity index (χ3v) is 5.41. The fourth-order valence-corrected chi connectivity index (χ4v) is 3.79.